The van der Waals surface area contributed by atoms with Gasteiger partial charge in [0.2, 0.25) is 5.91 Å². The van der Waals surface area contributed by atoms with Crippen molar-refractivity contribution in [1.82, 2.24) is 10.3 Å². The second-order valence-electron chi connectivity index (χ2n) is 10.7. The van der Waals surface area contributed by atoms with Crippen LogP contribution in [0.25, 0.3) is 10.9 Å². The summed E-state index contributed by atoms with van der Waals surface area (Å²) in [6.45, 7) is 1.91. The highest BCUT2D eigenvalue weighted by molar-refractivity contribution is 6.09. The third-order valence-electron chi connectivity index (χ3n) is 7.68. The van der Waals surface area contributed by atoms with E-state index in [1.807, 2.05) is 79.7 Å². The monoisotopic (exact) mass is 520 g/mol. The molecule has 0 aliphatic heterocycles. The van der Waals surface area contributed by atoms with E-state index in [4.69, 9.17) is 4.98 Å². The van der Waals surface area contributed by atoms with E-state index in [-0.39, 0.29) is 23.7 Å². The van der Waals surface area contributed by atoms with Gasteiger partial charge in [-0.1, -0.05) is 66.7 Å². The Morgan fingerprint density at radius 3 is 2.23 bits per heavy atom. The average molecular weight is 521 g/mol. The van der Waals surface area contributed by atoms with Gasteiger partial charge in [-0.25, -0.2) is 4.98 Å². The first-order valence-electron chi connectivity index (χ1n) is 13.7. The lowest BCUT2D eigenvalue weighted by molar-refractivity contribution is -0.123. The molecule has 0 bridgehead atoms. The lowest BCUT2D eigenvalue weighted by Gasteiger charge is -2.31. The molecule has 0 spiro atoms. The number of nitrogens with one attached hydrogen (secondary N) is 2. The largest absolute Gasteiger partial charge is 0.377 e. The van der Waals surface area contributed by atoms with Gasteiger partial charge in [0, 0.05) is 54.4 Å². The van der Waals surface area contributed by atoms with Crippen LogP contribution in [0.5, 0.6) is 0 Å². The van der Waals surface area contributed by atoms with Crippen LogP contribution in [0.1, 0.15) is 60.0 Å². The number of hydrogen-bond acceptors (Lipinski definition) is 5. The molecule has 0 unspecified atom stereocenters. The first-order chi connectivity index (χ1) is 18.9. The summed E-state index contributed by atoms with van der Waals surface area (Å²) in [5.41, 5.74) is 4.23. The molecule has 1 atom stereocenters. The summed E-state index contributed by atoms with van der Waals surface area (Å²) in [4.78, 5) is 33.0. The minimum absolute atomic E-state index is 0.00235. The summed E-state index contributed by atoms with van der Waals surface area (Å²) in [6, 6.07) is 27.5. The van der Waals surface area contributed by atoms with E-state index in [1.54, 1.807) is 0 Å². The maximum Gasteiger partial charge on any atom is 0.227 e. The maximum absolute atomic E-state index is 13.1. The first-order valence-corrected chi connectivity index (χ1v) is 13.7. The zero-order valence-corrected chi connectivity index (χ0v) is 22.9. The van der Waals surface area contributed by atoms with Gasteiger partial charge in [-0.15, -0.1) is 0 Å². The molecular formula is C33H36N4O2. The number of carbonyl (C=O) groups excluding carboxylic acids is 2. The molecule has 6 nitrogen and oxygen atoms in total. The summed E-state index contributed by atoms with van der Waals surface area (Å²) in [6.07, 6.45) is 3.76. The SMILES string of the molecule is C[C@H](C(=O)NC1CCC(Nc2cc(N(C)C)c3ccccc3n2)CC1)c1cccc(C(=O)c2ccccc2)c1. The highest BCUT2D eigenvalue weighted by atomic mass is 16.2. The van der Waals surface area contributed by atoms with Crippen molar-refractivity contribution in [1.29, 1.82) is 0 Å². The molecule has 1 aliphatic rings. The summed E-state index contributed by atoms with van der Waals surface area (Å²) in [5.74, 6) is 0.524. The van der Waals surface area contributed by atoms with E-state index in [9.17, 15) is 9.59 Å². The van der Waals surface area contributed by atoms with E-state index in [2.05, 4.69) is 41.8 Å². The molecule has 200 valence electrons. The standard InChI is InChI=1S/C33H36N4O2/c1-22(24-12-9-13-25(20-24)32(38)23-10-5-4-6-11-23)33(39)35-27-18-16-26(17-19-27)34-31-21-30(37(2)3)28-14-7-8-15-29(28)36-31/h4-15,20-22,26-27H,16-19H2,1-3H3,(H,34,36)(H,35,39)/t22-,26?,27?/m0/s1. The van der Waals surface area contributed by atoms with Crippen molar-refractivity contribution in [3.05, 3.63) is 102 Å². The number of aromatic nitrogens is 1. The Morgan fingerprint density at radius 2 is 1.49 bits per heavy atom. The molecule has 3 aromatic carbocycles. The van der Waals surface area contributed by atoms with Crippen molar-refractivity contribution >= 4 is 34.1 Å². The van der Waals surface area contributed by atoms with E-state index in [1.165, 1.54) is 0 Å². The number of pyridine rings is 1. The summed E-state index contributed by atoms with van der Waals surface area (Å²) in [5, 5.41) is 8.04. The van der Waals surface area contributed by atoms with Crippen LogP contribution in [0, 0.1) is 0 Å². The van der Waals surface area contributed by atoms with Crippen molar-refractivity contribution < 1.29 is 9.59 Å². The number of nitrogens with zero attached hydrogens (tertiary/aromatic N) is 2. The number of hydrogen-bond donors (Lipinski definition) is 2. The van der Waals surface area contributed by atoms with Crippen LogP contribution in [0.15, 0.2) is 84.9 Å². The van der Waals surface area contributed by atoms with Crippen molar-refractivity contribution in [2.75, 3.05) is 24.3 Å². The fourth-order valence-electron chi connectivity index (χ4n) is 5.38. The van der Waals surface area contributed by atoms with E-state index in [0.717, 1.165) is 53.7 Å². The lowest BCUT2D eigenvalue weighted by atomic mass is 9.90. The van der Waals surface area contributed by atoms with Crippen LogP contribution in [-0.4, -0.2) is 42.9 Å². The minimum Gasteiger partial charge on any atom is -0.377 e. The molecule has 6 heteroatoms. The predicted molar refractivity (Wildman–Crippen MR) is 159 cm³/mol. The maximum atomic E-state index is 13.1. The zero-order valence-electron chi connectivity index (χ0n) is 22.9. The Labute approximate surface area is 230 Å². The molecule has 1 amide bonds. The Morgan fingerprint density at radius 1 is 0.821 bits per heavy atom. The van der Waals surface area contributed by atoms with Crippen molar-refractivity contribution in [3.63, 3.8) is 0 Å². The Hall–Kier alpha value is -4.19. The van der Waals surface area contributed by atoms with Gasteiger partial charge in [-0.3, -0.25) is 9.59 Å². The van der Waals surface area contributed by atoms with Crippen molar-refractivity contribution in [2.45, 2.75) is 50.6 Å². The zero-order chi connectivity index (χ0) is 27.4. The van der Waals surface area contributed by atoms with Gasteiger partial charge in [0.15, 0.2) is 5.78 Å². The fourth-order valence-corrected chi connectivity index (χ4v) is 5.38. The Balaban J connectivity index is 1.17. The molecule has 1 fully saturated rings. The Bertz CT molecular complexity index is 1460. The fraction of sp³-hybridized carbons (Fsp3) is 0.303. The van der Waals surface area contributed by atoms with Gasteiger partial charge in [0.05, 0.1) is 11.4 Å². The van der Waals surface area contributed by atoms with Crippen LogP contribution in [-0.2, 0) is 4.79 Å². The van der Waals surface area contributed by atoms with E-state index in [0.29, 0.717) is 17.2 Å². The van der Waals surface area contributed by atoms with Gasteiger partial charge in [-0.05, 0) is 50.3 Å². The number of amides is 1. The van der Waals surface area contributed by atoms with Crippen LogP contribution in [0.3, 0.4) is 0 Å². The number of rotatable bonds is 8. The van der Waals surface area contributed by atoms with E-state index < -0.39 is 0 Å². The highest BCUT2D eigenvalue weighted by Crippen LogP contribution is 2.29. The van der Waals surface area contributed by atoms with Crippen LogP contribution in [0.4, 0.5) is 11.5 Å². The van der Waals surface area contributed by atoms with Gasteiger partial charge in [0.25, 0.3) is 0 Å². The van der Waals surface area contributed by atoms with Crippen LogP contribution in [0.2, 0.25) is 0 Å². The highest BCUT2D eigenvalue weighted by Gasteiger charge is 2.25. The smallest absolute Gasteiger partial charge is 0.227 e. The topological polar surface area (TPSA) is 74.3 Å². The first kappa shape index (κ1) is 26.4. The average Bonchev–Trinajstić information content (AvgIpc) is 2.97. The molecule has 1 aliphatic carbocycles. The molecule has 0 saturated heterocycles. The minimum atomic E-state index is -0.337. The number of ketones is 1. The quantitative estimate of drug-likeness (QED) is 0.272. The van der Waals surface area contributed by atoms with Gasteiger partial charge in [0.1, 0.15) is 5.82 Å². The second kappa shape index (κ2) is 11.7. The van der Waals surface area contributed by atoms with Gasteiger partial charge >= 0.3 is 0 Å². The molecule has 1 heterocycles. The van der Waals surface area contributed by atoms with Crippen LogP contribution >= 0.6 is 0 Å². The third-order valence-corrected chi connectivity index (χ3v) is 7.68. The summed E-state index contributed by atoms with van der Waals surface area (Å²) in [7, 11) is 4.11. The normalized spacial score (nSPS) is 17.8. The van der Waals surface area contributed by atoms with Crippen LogP contribution < -0.4 is 15.5 Å². The molecule has 1 saturated carbocycles. The molecule has 5 rings (SSSR count). The number of anilines is 2. The Kier molecular flexibility index (Phi) is 7.92. The van der Waals surface area contributed by atoms with E-state index >= 15 is 0 Å². The molecule has 4 aromatic rings. The lowest BCUT2D eigenvalue weighted by Crippen LogP contribution is -2.41. The molecule has 1 aromatic heterocycles. The summed E-state index contributed by atoms with van der Waals surface area (Å²) < 4.78 is 0. The number of para-hydroxylation sites is 1. The number of fused-ring (bicyclic) bond motifs is 1. The second-order valence-corrected chi connectivity index (χ2v) is 10.7. The predicted octanol–water partition coefficient (Wildman–Crippen LogP) is 6.17. The van der Waals surface area contributed by atoms with Crippen molar-refractivity contribution in [2.24, 2.45) is 0 Å². The van der Waals surface area contributed by atoms with Crippen molar-refractivity contribution in [3.8, 4) is 0 Å². The molecular weight excluding hydrogens is 484 g/mol. The third kappa shape index (κ3) is 6.11. The van der Waals surface area contributed by atoms with Gasteiger partial charge in [-0.2, -0.15) is 0 Å². The molecule has 0 radical (unpaired) electrons. The van der Waals surface area contributed by atoms with Gasteiger partial charge < -0.3 is 15.5 Å². The molecule has 2 N–H and O–H groups in total. The number of benzene rings is 3. The molecule has 39 heavy (non-hydrogen) atoms. The number of carbonyl (C=O) groups is 2. The summed E-state index contributed by atoms with van der Waals surface area (Å²) >= 11 is 0.